The van der Waals surface area contributed by atoms with Gasteiger partial charge in [0.1, 0.15) is 12.4 Å². The lowest BCUT2D eigenvalue weighted by Crippen LogP contribution is -2.09. The van der Waals surface area contributed by atoms with Crippen LogP contribution in [-0.2, 0) is 19.7 Å². The van der Waals surface area contributed by atoms with Crippen LogP contribution < -0.4 is 10.1 Å². The van der Waals surface area contributed by atoms with Crippen molar-refractivity contribution in [2.75, 3.05) is 5.32 Å². The minimum absolute atomic E-state index is 0.317. The van der Waals surface area contributed by atoms with E-state index in [1.54, 1.807) is 22.9 Å². The molecule has 9 heteroatoms. The highest BCUT2D eigenvalue weighted by Gasteiger charge is 2.10. The first kappa shape index (κ1) is 18.8. The lowest BCUT2D eigenvalue weighted by atomic mass is 10.2. The van der Waals surface area contributed by atoms with E-state index >= 15 is 0 Å². The molecule has 0 aliphatic carbocycles. The molecule has 6 nitrogen and oxygen atoms in total. The van der Waals surface area contributed by atoms with Gasteiger partial charge in [-0.2, -0.15) is 0 Å². The molecule has 3 rings (SSSR count). The molecule has 0 aliphatic rings. The van der Waals surface area contributed by atoms with Gasteiger partial charge in [-0.15, -0.1) is 0 Å². The molecule has 1 heterocycles. The molecule has 3 aromatic rings. The maximum atomic E-state index is 6.20. The number of nitrogens with zero attached hydrogens (tertiary/aromatic N) is 4. The van der Waals surface area contributed by atoms with E-state index in [0.29, 0.717) is 46.5 Å². The summed E-state index contributed by atoms with van der Waals surface area (Å²) in [7, 11) is 0. The molecular weight excluding hydrogens is 397 g/mol. The molecule has 0 spiro atoms. The van der Waals surface area contributed by atoms with Crippen LogP contribution in [0.15, 0.2) is 36.4 Å². The van der Waals surface area contributed by atoms with Crippen molar-refractivity contribution < 1.29 is 4.74 Å². The fraction of sp³-hybridized carbons (Fsp3) is 0.235. The molecule has 136 valence electrons. The highest BCUT2D eigenvalue weighted by atomic mass is 35.5. The molecule has 0 unspecified atom stereocenters. The van der Waals surface area contributed by atoms with Crippen LogP contribution in [0.5, 0.6) is 5.75 Å². The number of aromatic nitrogens is 4. The summed E-state index contributed by atoms with van der Waals surface area (Å²) in [6.45, 7) is 3.41. The molecule has 0 radical (unpaired) electrons. The zero-order valence-corrected chi connectivity index (χ0v) is 16.2. The summed E-state index contributed by atoms with van der Waals surface area (Å²) in [5.74, 6) is 1.28. The number of tetrazole rings is 1. The van der Waals surface area contributed by atoms with E-state index in [2.05, 4.69) is 20.8 Å². The van der Waals surface area contributed by atoms with Gasteiger partial charge >= 0.3 is 0 Å². The normalized spacial score (nSPS) is 10.8. The first-order valence-electron chi connectivity index (χ1n) is 7.92. The fourth-order valence-corrected chi connectivity index (χ4v) is 3.00. The predicted octanol–water partition coefficient (Wildman–Crippen LogP) is 4.84. The third-order valence-corrected chi connectivity index (χ3v) is 4.51. The topological polar surface area (TPSA) is 64.9 Å². The van der Waals surface area contributed by atoms with Gasteiger partial charge in [-0.1, -0.05) is 46.0 Å². The van der Waals surface area contributed by atoms with Crippen molar-refractivity contribution in [3.05, 3.63) is 62.6 Å². The maximum Gasteiger partial charge on any atom is 0.243 e. The van der Waals surface area contributed by atoms with Gasteiger partial charge < -0.3 is 10.1 Å². The van der Waals surface area contributed by atoms with Crippen molar-refractivity contribution in [2.45, 2.75) is 26.6 Å². The predicted molar refractivity (Wildman–Crippen MR) is 103 cm³/mol. The van der Waals surface area contributed by atoms with Crippen LogP contribution in [0, 0.1) is 0 Å². The SMILES string of the molecule is CCn1nnnc1NCc1cc(Cl)ccc1OCc1ccc(Cl)cc1Cl. The molecule has 1 N–H and O–H groups in total. The number of nitrogens with one attached hydrogen (secondary N) is 1. The van der Waals surface area contributed by atoms with Crippen molar-refractivity contribution in [3.8, 4) is 5.75 Å². The Morgan fingerprint density at radius 3 is 2.58 bits per heavy atom. The largest absolute Gasteiger partial charge is 0.488 e. The summed E-state index contributed by atoms with van der Waals surface area (Å²) in [4.78, 5) is 0. The Morgan fingerprint density at radius 1 is 1.04 bits per heavy atom. The first-order valence-corrected chi connectivity index (χ1v) is 9.05. The van der Waals surface area contributed by atoms with E-state index in [1.807, 2.05) is 25.1 Å². The Labute approximate surface area is 166 Å². The van der Waals surface area contributed by atoms with E-state index in [9.17, 15) is 0 Å². The number of halogens is 3. The Kier molecular flexibility index (Phi) is 6.19. The molecule has 0 aliphatic heterocycles. The van der Waals surface area contributed by atoms with E-state index in [-0.39, 0.29) is 0 Å². The van der Waals surface area contributed by atoms with E-state index in [0.717, 1.165) is 11.1 Å². The van der Waals surface area contributed by atoms with E-state index in [1.165, 1.54) is 0 Å². The Morgan fingerprint density at radius 2 is 1.81 bits per heavy atom. The molecule has 0 atom stereocenters. The molecule has 26 heavy (non-hydrogen) atoms. The van der Waals surface area contributed by atoms with Crippen LogP contribution in [0.1, 0.15) is 18.1 Å². The molecule has 0 amide bonds. The second-order valence-corrected chi connectivity index (χ2v) is 6.73. The summed E-state index contributed by atoms with van der Waals surface area (Å²) in [6, 6.07) is 10.8. The minimum atomic E-state index is 0.317. The van der Waals surface area contributed by atoms with Crippen LogP contribution in [-0.4, -0.2) is 20.2 Å². The van der Waals surface area contributed by atoms with Gasteiger partial charge in [-0.3, -0.25) is 0 Å². The molecular formula is C17H16Cl3N5O. The number of aryl methyl sites for hydroxylation is 1. The molecule has 0 fully saturated rings. The second kappa shape index (κ2) is 8.58. The number of hydrogen-bond acceptors (Lipinski definition) is 5. The maximum absolute atomic E-state index is 6.20. The zero-order chi connectivity index (χ0) is 18.5. The monoisotopic (exact) mass is 411 g/mol. The Hall–Kier alpha value is -2.02. The second-order valence-electron chi connectivity index (χ2n) is 5.45. The van der Waals surface area contributed by atoms with Crippen molar-refractivity contribution in [1.82, 2.24) is 20.2 Å². The number of hydrogen-bond donors (Lipinski definition) is 1. The van der Waals surface area contributed by atoms with Crippen LogP contribution in [0.25, 0.3) is 0 Å². The van der Waals surface area contributed by atoms with E-state index in [4.69, 9.17) is 39.5 Å². The number of ether oxygens (including phenoxy) is 1. The number of anilines is 1. The van der Waals surface area contributed by atoms with Crippen molar-refractivity contribution in [3.63, 3.8) is 0 Å². The van der Waals surface area contributed by atoms with Crippen molar-refractivity contribution in [2.24, 2.45) is 0 Å². The summed E-state index contributed by atoms with van der Waals surface area (Å²) >= 11 is 18.3. The summed E-state index contributed by atoms with van der Waals surface area (Å²) < 4.78 is 7.61. The first-order chi connectivity index (χ1) is 12.6. The third kappa shape index (κ3) is 4.58. The highest BCUT2D eigenvalue weighted by Crippen LogP contribution is 2.27. The standard InChI is InChI=1S/C17H16Cl3N5O/c1-2-25-17(22-23-24-25)21-9-12-7-13(18)5-6-16(12)26-10-11-3-4-14(19)8-15(11)20/h3-8H,2,9-10H2,1H3,(H,21,22,24). The third-order valence-electron chi connectivity index (χ3n) is 3.69. The van der Waals surface area contributed by atoms with Gasteiger partial charge in [0.2, 0.25) is 5.95 Å². The van der Waals surface area contributed by atoms with Crippen molar-refractivity contribution >= 4 is 40.8 Å². The zero-order valence-electron chi connectivity index (χ0n) is 13.9. The summed E-state index contributed by atoms with van der Waals surface area (Å²) in [6.07, 6.45) is 0. The Bertz CT molecular complexity index is 900. The van der Waals surface area contributed by atoms with Crippen LogP contribution in [0.3, 0.4) is 0 Å². The molecule has 0 bridgehead atoms. The number of rotatable bonds is 7. The van der Waals surface area contributed by atoms with Gasteiger partial charge in [0.05, 0.1) is 0 Å². The quantitative estimate of drug-likeness (QED) is 0.601. The summed E-state index contributed by atoms with van der Waals surface area (Å²) in [5.41, 5.74) is 1.73. The van der Waals surface area contributed by atoms with Gasteiger partial charge in [0, 0.05) is 39.3 Å². The van der Waals surface area contributed by atoms with E-state index < -0.39 is 0 Å². The van der Waals surface area contributed by atoms with Crippen LogP contribution in [0.4, 0.5) is 5.95 Å². The molecule has 2 aromatic carbocycles. The van der Waals surface area contributed by atoms with Gasteiger partial charge in [0.15, 0.2) is 0 Å². The van der Waals surface area contributed by atoms with Crippen LogP contribution in [0.2, 0.25) is 15.1 Å². The van der Waals surface area contributed by atoms with Gasteiger partial charge in [-0.05, 0) is 47.7 Å². The lowest BCUT2D eigenvalue weighted by molar-refractivity contribution is 0.303. The minimum Gasteiger partial charge on any atom is -0.488 e. The van der Waals surface area contributed by atoms with Crippen molar-refractivity contribution in [1.29, 1.82) is 0 Å². The van der Waals surface area contributed by atoms with Gasteiger partial charge in [0.25, 0.3) is 0 Å². The lowest BCUT2D eigenvalue weighted by Gasteiger charge is -2.14. The smallest absolute Gasteiger partial charge is 0.243 e. The average molecular weight is 413 g/mol. The summed E-state index contributed by atoms with van der Waals surface area (Å²) in [5, 5.41) is 16.5. The number of benzene rings is 2. The Balaban J connectivity index is 1.73. The van der Waals surface area contributed by atoms with Crippen LogP contribution >= 0.6 is 34.8 Å². The van der Waals surface area contributed by atoms with Gasteiger partial charge in [-0.25, -0.2) is 4.68 Å². The average Bonchev–Trinajstić information content (AvgIpc) is 3.08. The molecule has 0 saturated carbocycles. The molecule has 0 saturated heterocycles. The highest BCUT2D eigenvalue weighted by molar-refractivity contribution is 6.35. The fourth-order valence-electron chi connectivity index (χ4n) is 2.34. The molecule has 1 aromatic heterocycles.